The Morgan fingerprint density at radius 3 is 2.85 bits per heavy atom. The van der Waals surface area contributed by atoms with Gasteiger partial charge in [0.25, 0.3) is 0 Å². The Balaban J connectivity index is 0.000000845. The molecular formula is C9H12BrClN2. The Labute approximate surface area is 92.7 Å². The maximum absolute atomic E-state index is 4.35. The van der Waals surface area contributed by atoms with Gasteiger partial charge in [0.2, 0.25) is 0 Å². The Hall–Kier alpha value is -0.120. The first-order valence-corrected chi connectivity index (χ1v) is 5.00. The first-order chi connectivity index (χ1) is 5.86. The van der Waals surface area contributed by atoms with E-state index in [2.05, 4.69) is 32.3 Å². The highest BCUT2D eigenvalue weighted by Crippen LogP contribution is 2.21. The summed E-state index contributed by atoms with van der Waals surface area (Å²) in [5.74, 6) is 0. The zero-order valence-electron chi connectivity index (χ0n) is 7.16. The third kappa shape index (κ3) is 2.66. The smallest absolute Gasteiger partial charge is 0.0574 e. The highest BCUT2D eigenvalue weighted by molar-refractivity contribution is 9.10. The third-order valence-corrected chi connectivity index (χ3v) is 2.64. The molecule has 0 aliphatic carbocycles. The van der Waals surface area contributed by atoms with Crippen LogP contribution in [0.5, 0.6) is 0 Å². The van der Waals surface area contributed by atoms with E-state index in [1.54, 1.807) is 0 Å². The molecule has 2 heterocycles. The molecule has 72 valence electrons. The Morgan fingerprint density at radius 2 is 2.31 bits per heavy atom. The number of nitrogens with one attached hydrogen (secondary N) is 1. The van der Waals surface area contributed by atoms with Crippen LogP contribution in [0.3, 0.4) is 0 Å². The maximum atomic E-state index is 4.35. The van der Waals surface area contributed by atoms with Crippen molar-refractivity contribution >= 4 is 28.3 Å². The molecule has 0 amide bonds. The average molecular weight is 264 g/mol. The van der Waals surface area contributed by atoms with E-state index in [0.717, 1.165) is 16.7 Å². The molecule has 1 aromatic heterocycles. The molecular weight excluding hydrogens is 251 g/mol. The second-order valence-electron chi connectivity index (χ2n) is 3.05. The number of hydrogen-bond donors (Lipinski definition) is 1. The minimum atomic E-state index is 0. The molecule has 0 radical (unpaired) electrons. The average Bonchev–Trinajstić information content (AvgIpc) is 2.58. The topological polar surface area (TPSA) is 24.9 Å². The lowest BCUT2D eigenvalue weighted by atomic mass is 10.1. The van der Waals surface area contributed by atoms with E-state index < -0.39 is 0 Å². The lowest BCUT2D eigenvalue weighted by Crippen LogP contribution is -2.13. The Kier molecular flexibility index (Phi) is 4.16. The summed E-state index contributed by atoms with van der Waals surface area (Å²) in [6, 6.07) is 4.60. The fourth-order valence-corrected chi connectivity index (χ4v) is 1.76. The molecule has 13 heavy (non-hydrogen) atoms. The predicted molar refractivity (Wildman–Crippen MR) is 59.2 cm³/mol. The van der Waals surface area contributed by atoms with Crippen LogP contribution in [0.25, 0.3) is 0 Å². The highest BCUT2D eigenvalue weighted by atomic mass is 79.9. The molecule has 0 aromatic carbocycles. The number of pyridine rings is 1. The van der Waals surface area contributed by atoms with Gasteiger partial charge in [0, 0.05) is 16.7 Å². The molecule has 1 atom stereocenters. The Bertz CT molecular complexity index is 257. The van der Waals surface area contributed by atoms with Crippen molar-refractivity contribution in [3.8, 4) is 0 Å². The van der Waals surface area contributed by atoms with Crippen LogP contribution >= 0.6 is 28.3 Å². The van der Waals surface area contributed by atoms with E-state index >= 15 is 0 Å². The molecule has 1 N–H and O–H groups in total. The second kappa shape index (κ2) is 4.94. The number of aromatic nitrogens is 1. The highest BCUT2D eigenvalue weighted by Gasteiger charge is 2.16. The van der Waals surface area contributed by atoms with Crippen molar-refractivity contribution in [3.05, 3.63) is 28.5 Å². The maximum Gasteiger partial charge on any atom is 0.0574 e. The summed E-state index contributed by atoms with van der Waals surface area (Å²) >= 11 is 3.37. The monoisotopic (exact) mass is 262 g/mol. The Morgan fingerprint density at radius 1 is 1.46 bits per heavy atom. The quantitative estimate of drug-likeness (QED) is 0.843. The van der Waals surface area contributed by atoms with Crippen LogP contribution in [0.2, 0.25) is 0 Å². The van der Waals surface area contributed by atoms with E-state index in [-0.39, 0.29) is 12.4 Å². The number of halogens is 2. The fraction of sp³-hybridized carbons (Fsp3) is 0.444. The zero-order chi connectivity index (χ0) is 8.39. The molecule has 1 fully saturated rings. The van der Waals surface area contributed by atoms with Gasteiger partial charge in [-0.25, -0.2) is 0 Å². The van der Waals surface area contributed by atoms with Crippen LogP contribution in [0, 0.1) is 0 Å². The van der Waals surface area contributed by atoms with Gasteiger partial charge in [0.1, 0.15) is 0 Å². The predicted octanol–water partition coefficient (Wildman–Crippen LogP) is 2.69. The minimum Gasteiger partial charge on any atom is -0.309 e. The SMILES string of the molecule is Brc1ccc([C@@H]2CCCN2)nc1.Cl. The normalized spacial score (nSPS) is 21.2. The molecule has 2 nitrogen and oxygen atoms in total. The molecule has 0 unspecified atom stereocenters. The second-order valence-corrected chi connectivity index (χ2v) is 3.97. The standard InChI is InChI=1S/C9H11BrN2.ClH/c10-7-3-4-9(12-6-7)8-2-1-5-11-8;/h3-4,6,8,11H,1-2,5H2;1H/t8-;/m0./s1. The van der Waals surface area contributed by atoms with Gasteiger partial charge in [-0.1, -0.05) is 0 Å². The summed E-state index contributed by atoms with van der Waals surface area (Å²) in [6.45, 7) is 1.13. The summed E-state index contributed by atoms with van der Waals surface area (Å²) in [5.41, 5.74) is 1.16. The lowest BCUT2D eigenvalue weighted by molar-refractivity contribution is 0.627. The molecule has 4 heteroatoms. The van der Waals surface area contributed by atoms with Gasteiger partial charge in [0.15, 0.2) is 0 Å². The van der Waals surface area contributed by atoms with Crippen molar-refractivity contribution in [2.75, 3.05) is 6.54 Å². The molecule has 0 saturated carbocycles. The van der Waals surface area contributed by atoms with Crippen LogP contribution in [0.1, 0.15) is 24.6 Å². The molecule has 2 rings (SSSR count). The molecule has 1 aromatic rings. The summed E-state index contributed by atoms with van der Waals surface area (Å²) in [7, 11) is 0. The fourth-order valence-electron chi connectivity index (χ4n) is 1.53. The lowest BCUT2D eigenvalue weighted by Gasteiger charge is -2.08. The first-order valence-electron chi connectivity index (χ1n) is 4.21. The van der Waals surface area contributed by atoms with Gasteiger partial charge in [-0.15, -0.1) is 12.4 Å². The number of nitrogens with zero attached hydrogens (tertiary/aromatic N) is 1. The van der Waals surface area contributed by atoms with Crippen molar-refractivity contribution in [3.63, 3.8) is 0 Å². The summed E-state index contributed by atoms with van der Waals surface area (Å²) in [6.07, 6.45) is 4.34. The van der Waals surface area contributed by atoms with Crippen molar-refractivity contribution in [1.82, 2.24) is 10.3 Å². The van der Waals surface area contributed by atoms with Crippen LogP contribution in [0.4, 0.5) is 0 Å². The van der Waals surface area contributed by atoms with Gasteiger partial charge in [-0.2, -0.15) is 0 Å². The van der Waals surface area contributed by atoms with Crippen molar-refractivity contribution < 1.29 is 0 Å². The van der Waals surface area contributed by atoms with Crippen LogP contribution in [-0.4, -0.2) is 11.5 Å². The summed E-state index contributed by atoms with van der Waals surface area (Å²) in [4.78, 5) is 4.35. The van der Waals surface area contributed by atoms with E-state index in [0.29, 0.717) is 6.04 Å². The zero-order valence-corrected chi connectivity index (χ0v) is 9.57. The van der Waals surface area contributed by atoms with Crippen molar-refractivity contribution in [1.29, 1.82) is 0 Å². The van der Waals surface area contributed by atoms with E-state index in [9.17, 15) is 0 Å². The molecule has 1 aliphatic rings. The van der Waals surface area contributed by atoms with Crippen LogP contribution < -0.4 is 5.32 Å². The molecule has 0 bridgehead atoms. The first kappa shape index (κ1) is 11.0. The van der Waals surface area contributed by atoms with Gasteiger partial charge < -0.3 is 5.32 Å². The van der Waals surface area contributed by atoms with Gasteiger partial charge in [-0.3, -0.25) is 4.98 Å². The molecule has 1 aliphatic heterocycles. The minimum absolute atomic E-state index is 0. The van der Waals surface area contributed by atoms with Crippen LogP contribution in [-0.2, 0) is 0 Å². The van der Waals surface area contributed by atoms with Crippen molar-refractivity contribution in [2.24, 2.45) is 0 Å². The molecule has 1 saturated heterocycles. The van der Waals surface area contributed by atoms with Crippen molar-refractivity contribution in [2.45, 2.75) is 18.9 Å². The number of rotatable bonds is 1. The van der Waals surface area contributed by atoms with Gasteiger partial charge >= 0.3 is 0 Å². The van der Waals surface area contributed by atoms with E-state index in [1.807, 2.05) is 12.3 Å². The summed E-state index contributed by atoms with van der Waals surface area (Å²) in [5, 5.41) is 3.41. The van der Waals surface area contributed by atoms with E-state index in [4.69, 9.17) is 0 Å². The number of hydrogen-bond acceptors (Lipinski definition) is 2. The molecule has 0 spiro atoms. The largest absolute Gasteiger partial charge is 0.309 e. The van der Waals surface area contributed by atoms with Crippen LogP contribution in [0.15, 0.2) is 22.8 Å². The summed E-state index contributed by atoms with van der Waals surface area (Å²) < 4.78 is 1.05. The third-order valence-electron chi connectivity index (χ3n) is 2.17. The van der Waals surface area contributed by atoms with Gasteiger partial charge in [0.05, 0.1) is 5.69 Å². The van der Waals surface area contributed by atoms with Gasteiger partial charge in [-0.05, 0) is 47.4 Å². The van der Waals surface area contributed by atoms with E-state index in [1.165, 1.54) is 12.8 Å².